The van der Waals surface area contributed by atoms with Crippen molar-refractivity contribution >= 4 is 35.1 Å². The van der Waals surface area contributed by atoms with Crippen LogP contribution in [-0.4, -0.2) is 38.0 Å². The Hall–Kier alpha value is -2.58. The van der Waals surface area contributed by atoms with Gasteiger partial charge in [-0.05, 0) is 49.7 Å². The smallest absolute Gasteiger partial charge is 0.238 e. The molecular formula is C21H24ClN5O2S. The number of benzene rings is 1. The maximum Gasteiger partial charge on any atom is 0.238 e. The van der Waals surface area contributed by atoms with E-state index in [9.17, 15) is 4.79 Å². The van der Waals surface area contributed by atoms with Crippen molar-refractivity contribution < 1.29 is 9.53 Å². The first-order valence-corrected chi connectivity index (χ1v) is 10.9. The molecule has 1 N–H and O–H groups in total. The summed E-state index contributed by atoms with van der Waals surface area (Å²) in [6.07, 6.45) is 3.53. The predicted octanol–water partition coefficient (Wildman–Crippen LogP) is 4.92. The molecule has 1 atom stereocenters. The molecule has 2 aromatic heterocycles. The first-order valence-electron chi connectivity index (χ1n) is 9.68. The van der Waals surface area contributed by atoms with Gasteiger partial charge in [0.05, 0.1) is 17.4 Å². The molecule has 3 aromatic rings. The summed E-state index contributed by atoms with van der Waals surface area (Å²) in [6.45, 7) is 4.75. The maximum atomic E-state index is 12.6. The van der Waals surface area contributed by atoms with Crippen molar-refractivity contribution in [1.82, 2.24) is 19.7 Å². The lowest BCUT2D eigenvalue weighted by atomic mass is 10.2. The number of rotatable bonds is 9. The number of pyridine rings is 1. The lowest BCUT2D eigenvalue weighted by Crippen LogP contribution is -2.23. The van der Waals surface area contributed by atoms with Gasteiger partial charge in [-0.25, -0.2) is 4.98 Å². The van der Waals surface area contributed by atoms with E-state index in [2.05, 4.69) is 32.0 Å². The van der Waals surface area contributed by atoms with Gasteiger partial charge in [0.1, 0.15) is 11.6 Å². The minimum Gasteiger partial charge on any atom is -0.497 e. The molecule has 1 amide bonds. The Bertz CT molecular complexity index is 976. The number of nitrogens with zero attached hydrogens (tertiary/aromatic N) is 4. The highest BCUT2D eigenvalue weighted by Gasteiger charge is 2.21. The van der Waals surface area contributed by atoms with Crippen LogP contribution in [0.15, 0.2) is 47.8 Å². The van der Waals surface area contributed by atoms with E-state index in [0.717, 1.165) is 36.5 Å². The summed E-state index contributed by atoms with van der Waals surface area (Å²) < 4.78 is 7.31. The summed E-state index contributed by atoms with van der Waals surface area (Å²) in [5.41, 5.74) is 0.953. The average Bonchev–Trinajstić information content (AvgIpc) is 3.16. The maximum absolute atomic E-state index is 12.6. The van der Waals surface area contributed by atoms with Crippen molar-refractivity contribution in [2.45, 2.75) is 43.6 Å². The number of hydrogen-bond donors (Lipinski definition) is 1. The Balaban J connectivity index is 1.77. The highest BCUT2D eigenvalue weighted by Crippen LogP contribution is 2.28. The molecule has 0 aliphatic carbocycles. The molecule has 1 unspecified atom stereocenters. The number of methoxy groups -OCH3 is 1. The van der Waals surface area contributed by atoms with Crippen molar-refractivity contribution in [3.05, 3.63) is 47.6 Å². The third-order valence-electron chi connectivity index (χ3n) is 4.43. The molecule has 9 heteroatoms. The van der Waals surface area contributed by atoms with Crippen LogP contribution in [0.3, 0.4) is 0 Å². The second-order valence-electron chi connectivity index (χ2n) is 6.65. The van der Waals surface area contributed by atoms with Gasteiger partial charge in [-0.2, -0.15) is 0 Å². The van der Waals surface area contributed by atoms with Crippen LogP contribution in [0.25, 0.3) is 11.4 Å². The number of ether oxygens (including phenoxy) is 1. The third kappa shape index (κ3) is 5.52. The van der Waals surface area contributed by atoms with Crippen LogP contribution in [-0.2, 0) is 11.3 Å². The fourth-order valence-electron chi connectivity index (χ4n) is 2.74. The Labute approximate surface area is 185 Å². The molecule has 0 bridgehead atoms. The average molecular weight is 446 g/mol. The molecule has 0 radical (unpaired) electrons. The van der Waals surface area contributed by atoms with Crippen LogP contribution >= 0.6 is 23.4 Å². The van der Waals surface area contributed by atoms with Crippen LogP contribution in [0, 0.1) is 0 Å². The fraction of sp³-hybridized carbons (Fsp3) is 0.333. The molecule has 0 saturated heterocycles. The number of hydrogen-bond acceptors (Lipinski definition) is 6. The number of unbranched alkanes of at least 4 members (excludes halogenated alkanes) is 1. The van der Waals surface area contributed by atoms with Crippen LogP contribution in [0.4, 0.5) is 5.82 Å². The quantitative estimate of drug-likeness (QED) is 0.470. The largest absolute Gasteiger partial charge is 0.497 e. The molecule has 0 fully saturated rings. The van der Waals surface area contributed by atoms with E-state index >= 15 is 0 Å². The summed E-state index contributed by atoms with van der Waals surface area (Å²) in [5.74, 6) is 1.86. The van der Waals surface area contributed by atoms with Crippen molar-refractivity contribution in [2.75, 3.05) is 12.4 Å². The van der Waals surface area contributed by atoms with E-state index in [-0.39, 0.29) is 11.2 Å². The molecule has 0 aliphatic rings. The zero-order valence-corrected chi connectivity index (χ0v) is 18.7. The van der Waals surface area contributed by atoms with Gasteiger partial charge in [-0.1, -0.05) is 36.7 Å². The number of nitrogens with one attached hydrogen (secondary N) is 1. The van der Waals surface area contributed by atoms with Crippen molar-refractivity contribution in [3.63, 3.8) is 0 Å². The number of thioether (sulfide) groups is 1. The highest BCUT2D eigenvalue weighted by molar-refractivity contribution is 8.00. The minimum absolute atomic E-state index is 0.161. The number of carbonyl (C=O) groups is 1. The second-order valence-corrected chi connectivity index (χ2v) is 8.40. The Morgan fingerprint density at radius 2 is 2.00 bits per heavy atom. The lowest BCUT2D eigenvalue weighted by molar-refractivity contribution is -0.115. The summed E-state index contributed by atoms with van der Waals surface area (Å²) in [4.78, 5) is 16.7. The van der Waals surface area contributed by atoms with Crippen molar-refractivity contribution in [3.8, 4) is 17.1 Å². The molecule has 0 spiro atoms. The van der Waals surface area contributed by atoms with Crippen LogP contribution in [0.5, 0.6) is 5.75 Å². The normalized spacial score (nSPS) is 11.9. The SMILES string of the molecule is CCCCn1c(SC(C)C(=O)Nc2ccc(Cl)cn2)nnc1-c1ccc(OC)cc1. The Morgan fingerprint density at radius 3 is 2.63 bits per heavy atom. The van der Waals surface area contributed by atoms with Crippen LogP contribution in [0.1, 0.15) is 26.7 Å². The first kappa shape index (κ1) is 22.1. The molecule has 0 saturated carbocycles. The molecule has 158 valence electrons. The number of aromatic nitrogens is 4. The van der Waals surface area contributed by atoms with Gasteiger partial charge in [-0.15, -0.1) is 10.2 Å². The van der Waals surface area contributed by atoms with Gasteiger partial charge in [0.15, 0.2) is 11.0 Å². The molecule has 7 nitrogen and oxygen atoms in total. The predicted molar refractivity (Wildman–Crippen MR) is 120 cm³/mol. The number of anilines is 1. The molecule has 1 aromatic carbocycles. The molecule has 3 rings (SSSR count). The van der Waals surface area contributed by atoms with Gasteiger partial charge in [0.2, 0.25) is 5.91 Å². The third-order valence-corrected chi connectivity index (χ3v) is 5.73. The standard InChI is InChI=1S/C21H24ClN5O2S/c1-4-5-12-27-19(15-6-9-17(29-3)10-7-15)25-26-21(27)30-14(2)20(28)24-18-11-8-16(22)13-23-18/h6-11,13-14H,4-5,12H2,1-3H3,(H,23,24,28). The first-order chi connectivity index (χ1) is 14.5. The molecule has 30 heavy (non-hydrogen) atoms. The minimum atomic E-state index is -0.379. The highest BCUT2D eigenvalue weighted by atomic mass is 35.5. The van der Waals surface area contributed by atoms with E-state index in [4.69, 9.17) is 16.3 Å². The zero-order valence-electron chi connectivity index (χ0n) is 17.1. The van der Waals surface area contributed by atoms with Gasteiger partial charge in [0, 0.05) is 18.3 Å². The Kier molecular flexibility index (Phi) is 7.70. The fourth-order valence-corrected chi connectivity index (χ4v) is 3.72. The van der Waals surface area contributed by atoms with Gasteiger partial charge >= 0.3 is 0 Å². The number of carbonyl (C=O) groups excluding carboxylic acids is 1. The molecule has 2 heterocycles. The van der Waals surface area contributed by atoms with Crippen LogP contribution < -0.4 is 10.1 Å². The van der Waals surface area contributed by atoms with Gasteiger partial charge in [-0.3, -0.25) is 4.79 Å². The summed E-state index contributed by atoms with van der Waals surface area (Å²) in [6, 6.07) is 11.1. The summed E-state index contributed by atoms with van der Waals surface area (Å²) in [7, 11) is 1.64. The van der Waals surface area contributed by atoms with E-state index in [1.165, 1.54) is 18.0 Å². The van der Waals surface area contributed by atoms with Gasteiger partial charge < -0.3 is 14.6 Å². The van der Waals surface area contributed by atoms with E-state index in [1.807, 2.05) is 31.2 Å². The molecular weight excluding hydrogens is 422 g/mol. The van der Waals surface area contributed by atoms with Crippen LogP contribution in [0.2, 0.25) is 5.02 Å². The Morgan fingerprint density at radius 1 is 1.23 bits per heavy atom. The van der Waals surface area contributed by atoms with E-state index in [0.29, 0.717) is 16.0 Å². The lowest BCUT2D eigenvalue weighted by Gasteiger charge is -2.13. The van der Waals surface area contributed by atoms with Crippen molar-refractivity contribution in [1.29, 1.82) is 0 Å². The second kappa shape index (κ2) is 10.4. The number of amides is 1. The summed E-state index contributed by atoms with van der Waals surface area (Å²) in [5, 5.41) is 12.4. The molecule has 0 aliphatic heterocycles. The van der Waals surface area contributed by atoms with E-state index < -0.39 is 0 Å². The van der Waals surface area contributed by atoms with Crippen molar-refractivity contribution in [2.24, 2.45) is 0 Å². The summed E-state index contributed by atoms with van der Waals surface area (Å²) >= 11 is 7.22. The zero-order chi connectivity index (χ0) is 21.5. The van der Waals surface area contributed by atoms with Gasteiger partial charge in [0.25, 0.3) is 0 Å². The monoisotopic (exact) mass is 445 g/mol. The van der Waals surface area contributed by atoms with E-state index in [1.54, 1.807) is 19.2 Å². The number of halogens is 1. The topological polar surface area (TPSA) is 81.9 Å².